The van der Waals surface area contributed by atoms with Crippen molar-refractivity contribution in [3.8, 4) is 0 Å². The minimum Gasteiger partial charge on any atom is -0.319 e. The lowest BCUT2D eigenvalue weighted by Crippen LogP contribution is -2.15. The predicted molar refractivity (Wildman–Crippen MR) is 76.9 cm³/mol. The quantitative estimate of drug-likeness (QED) is 0.692. The maximum absolute atomic E-state index is 13.7. The zero-order chi connectivity index (χ0) is 15.6. The zero-order valence-corrected chi connectivity index (χ0v) is 11.5. The van der Waals surface area contributed by atoms with Crippen LogP contribution in [0.25, 0.3) is 0 Å². The average molecular weight is 288 g/mol. The summed E-state index contributed by atoms with van der Waals surface area (Å²) < 4.78 is 13.7. The summed E-state index contributed by atoms with van der Waals surface area (Å²) in [6, 6.07) is 8.20. The average Bonchev–Trinajstić information content (AvgIpc) is 2.43. The Balaban J connectivity index is 2.33. The molecule has 2 rings (SSSR count). The van der Waals surface area contributed by atoms with Crippen LogP contribution >= 0.6 is 0 Å². The summed E-state index contributed by atoms with van der Waals surface area (Å²) in [6.07, 6.45) is 0. The van der Waals surface area contributed by atoms with Gasteiger partial charge in [0.15, 0.2) is 0 Å². The van der Waals surface area contributed by atoms with E-state index in [4.69, 9.17) is 0 Å². The van der Waals surface area contributed by atoms with Crippen LogP contribution in [0.2, 0.25) is 0 Å². The summed E-state index contributed by atoms with van der Waals surface area (Å²) in [4.78, 5) is 22.2. The van der Waals surface area contributed by atoms with Crippen LogP contribution in [0, 0.1) is 29.8 Å². The molecular weight excluding hydrogens is 275 g/mol. The lowest BCUT2D eigenvalue weighted by molar-refractivity contribution is -0.384. The largest absolute Gasteiger partial charge is 0.319 e. The van der Waals surface area contributed by atoms with Crippen molar-refractivity contribution in [3.63, 3.8) is 0 Å². The van der Waals surface area contributed by atoms with Gasteiger partial charge >= 0.3 is 0 Å². The maximum atomic E-state index is 13.7. The number of halogens is 1. The summed E-state index contributed by atoms with van der Waals surface area (Å²) in [5.74, 6) is -1.23. The van der Waals surface area contributed by atoms with E-state index in [1.165, 1.54) is 0 Å². The zero-order valence-electron chi connectivity index (χ0n) is 11.5. The van der Waals surface area contributed by atoms with Crippen LogP contribution in [0.4, 0.5) is 15.8 Å². The van der Waals surface area contributed by atoms with Crippen LogP contribution in [0.1, 0.15) is 21.5 Å². The lowest BCUT2D eigenvalue weighted by Gasteiger charge is -2.10. The normalized spacial score (nSPS) is 10.2. The molecule has 0 aromatic heterocycles. The standard InChI is InChI=1S/C15H13FN2O3/c1-9-4-3-5-12(10(9)2)15(19)17-14-8-11(18(20)21)6-7-13(14)16/h3-8H,1-2H3,(H,17,19). The van der Waals surface area contributed by atoms with Crippen LogP contribution in [0.15, 0.2) is 36.4 Å². The first-order valence-corrected chi connectivity index (χ1v) is 6.21. The Morgan fingerprint density at radius 1 is 1.24 bits per heavy atom. The molecule has 0 spiro atoms. The Morgan fingerprint density at radius 3 is 2.62 bits per heavy atom. The molecular formula is C15H13FN2O3. The molecule has 108 valence electrons. The van der Waals surface area contributed by atoms with Crippen LogP contribution in [-0.2, 0) is 0 Å². The molecule has 0 fully saturated rings. The highest BCUT2D eigenvalue weighted by Gasteiger charge is 2.15. The van der Waals surface area contributed by atoms with Crippen LogP contribution in [0.5, 0.6) is 0 Å². The molecule has 21 heavy (non-hydrogen) atoms. The molecule has 0 saturated carbocycles. The summed E-state index contributed by atoms with van der Waals surface area (Å²) in [5.41, 5.74) is 1.62. The summed E-state index contributed by atoms with van der Waals surface area (Å²) in [5, 5.41) is 13.1. The number of hydrogen-bond acceptors (Lipinski definition) is 3. The molecule has 6 heteroatoms. The fourth-order valence-corrected chi connectivity index (χ4v) is 1.91. The number of amides is 1. The number of benzene rings is 2. The van der Waals surface area contributed by atoms with Gasteiger partial charge in [-0.3, -0.25) is 14.9 Å². The first kappa shape index (κ1) is 14.6. The van der Waals surface area contributed by atoms with E-state index < -0.39 is 16.6 Å². The van der Waals surface area contributed by atoms with Crippen LogP contribution in [-0.4, -0.2) is 10.8 Å². The predicted octanol–water partition coefficient (Wildman–Crippen LogP) is 3.60. The van der Waals surface area contributed by atoms with Gasteiger partial charge in [0.1, 0.15) is 5.82 Å². The summed E-state index contributed by atoms with van der Waals surface area (Å²) in [7, 11) is 0. The van der Waals surface area contributed by atoms with E-state index in [0.717, 1.165) is 29.3 Å². The van der Waals surface area contributed by atoms with Gasteiger partial charge in [0.05, 0.1) is 10.6 Å². The number of carbonyl (C=O) groups is 1. The number of carbonyl (C=O) groups excluding carboxylic acids is 1. The van der Waals surface area contributed by atoms with Crippen molar-refractivity contribution in [2.75, 3.05) is 5.32 Å². The molecule has 0 aliphatic heterocycles. The van der Waals surface area contributed by atoms with Gasteiger partial charge in [0, 0.05) is 17.7 Å². The van der Waals surface area contributed by atoms with Gasteiger partial charge in [-0.15, -0.1) is 0 Å². The highest BCUT2D eigenvalue weighted by molar-refractivity contribution is 6.05. The van der Waals surface area contributed by atoms with Gasteiger partial charge in [-0.1, -0.05) is 12.1 Å². The highest BCUT2D eigenvalue weighted by atomic mass is 19.1. The number of non-ortho nitro benzene ring substituents is 1. The number of nitro benzene ring substituents is 1. The minimum absolute atomic E-state index is 0.213. The molecule has 5 nitrogen and oxygen atoms in total. The molecule has 2 aromatic rings. The fourth-order valence-electron chi connectivity index (χ4n) is 1.91. The Bertz CT molecular complexity index is 729. The molecule has 0 aliphatic rings. The van der Waals surface area contributed by atoms with Gasteiger partial charge in [-0.25, -0.2) is 4.39 Å². The summed E-state index contributed by atoms with van der Waals surface area (Å²) >= 11 is 0. The number of nitrogens with one attached hydrogen (secondary N) is 1. The lowest BCUT2D eigenvalue weighted by atomic mass is 10.0. The third-order valence-electron chi connectivity index (χ3n) is 3.26. The number of rotatable bonds is 3. The molecule has 0 aliphatic carbocycles. The van der Waals surface area contributed by atoms with E-state index in [2.05, 4.69) is 5.32 Å². The smallest absolute Gasteiger partial charge is 0.271 e. The molecule has 2 aromatic carbocycles. The monoisotopic (exact) mass is 288 g/mol. The molecule has 1 N–H and O–H groups in total. The number of aryl methyl sites for hydroxylation is 1. The molecule has 0 unspecified atom stereocenters. The third kappa shape index (κ3) is 3.05. The van der Waals surface area contributed by atoms with Crippen LogP contribution in [0.3, 0.4) is 0 Å². The number of nitro groups is 1. The van der Waals surface area contributed by atoms with Gasteiger partial charge < -0.3 is 5.32 Å². The molecule has 0 atom stereocenters. The van der Waals surface area contributed by atoms with E-state index in [9.17, 15) is 19.3 Å². The SMILES string of the molecule is Cc1cccc(C(=O)Nc2cc([N+](=O)[O-])ccc2F)c1C. The van der Waals surface area contributed by atoms with E-state index in [-0.39, 0.29) is 11.4 Å². The van der Waals surface area contributed by atoms with Crippen molar-refractivity contribution >= 4 is 17.3 Å². The Kier molecular flexibility index (Phi) is 3.98. The van der Waals surface area contributed by atoms with Crippen LogP contribution < -0.4 is 5.32 Å². The third-order valence-corrected chi connectivity index (χ3v) is 3.26. The van der Waals surface area contributed by atoms with E-state index >= 15 is 0 Å². The topological polar surface area (TPSA) is 72.2 Å². The van der Waals surface area contributed by atoms with Crippen molar-refractivity contribution < 1.29 is 14.1 Å². The maximum Gasteiger partial charge on any atom is 0.271 e. The van der Waals surface area contributed by atoms with Gasteiger partial charge in [0.25, 0.3) is 11.6 Å². The van der Waals surface area contributed by atoms with E-state index in [1.54, 1.807) is 19.1 Å². The molecule has 1 amide bonds. The highest BCUT2D eigenvalue weighted by Crippen LogP contribution is 2.22. The van der Waals surface area contributed by atoms with Gasteiger partial charge in [-0.05, 0) is 37.1 Å². The van der Waals surface area contributed by atoms with E-state index in [0.29, 0.717) is 5.56 Å². The number of nitrogens with zero attached hydrogens (tertiary/aromatic N) is 1. The van der Waals surface area contributed by atoms with Crippen molar-refractivity contribution in [2.45, 2.75) is 13.8 Å². The molecule has 0 saturated heterocycles. The second-order valence-corrected chi connectivity index (χ2v) is 4.62. The first-order chi connectivity index (χ1) is 9.90. The Labute approximate surface area is 120 Å². The minimum atomic E-state index is -0.723. The number of anilines is 1. The van der Waals surface area contributed by atoms with Crippen molar-refractivity contribution in [1.29, 1.82) is 0 Å². The first-order valence-electron chi connectivity index (χ1n) is 6.21. The molecule has 0 heterocycles. The summed E-state index contributed by atoms with van der Waals surface area (Å²) in [6.45, 7) is 3.65. The Morgan fingerprint density at radius 2 is 1.95 bits per heavy atom. The van der Waals surface area contributed by atoms with Crippen molar-refractivity contribution in [3.05, 3.63) is 69.0 Å². The van der Waals surface area contributed by atoms with E-state index in [1.807, 2.05) is 13.0 Å². The van der Waals surface area contributed by atoms with Crippen molar-refractivity contribution in [2.24, 2.45) is 0 Å². The number of hydrogen-bond donors (Lipinski definition) is 1. The molecule has 0 radical (unpaired) electrons. The second kappa shape index (κ2) is 5.70. The van der Waals surface area contributed by atoms with Gasteiger partial charge in [0.2, 0.25) is 0 Å². The fraction of sp³-hybridized carbons (Fsp3) is 0.133. The molecule has 0 bridgehead atoms. The Hall–Kier alpha value is -2.76. The van der Waals surface area contributed by atoms with Crippen molar-refractivity contribution in [1.82, 2.24) is 0 Å². The second-order valence-electron chi connectivity index (χ2n) is 4.62. The van der Waals surface area contributed by atoms with Gasteiger partial charge in [-0.2, -0.15) is 0 Å².